The first-order valence-electron chi connectivity index (χ1n) is 15.1. The van der Waals surface area contributed by atoms with Crippen LogP contribution in [0.1, 0.15) is 73.6 Å². The van der Waals surface area contributed by atoms with Gasteiger partial charge in [-0.05, 0) is 63.4 Å². The molecule has 45 heavy (non-hydrogen) atoms. The van der Waals surface area contributed by atoms with Crippen LogP contribution in [0.5, 0.6) is 5.75 Å². The summed E-state index contributed by atoms with van der Waals surface area (Å²) < 4.78 is 50.3. The number of pyridine rings is 1. The van der Waals surface area contributed by atoms with Crippen LogP contribution < -0.4 is 10.1 Å². The molecule has 3 amide bonds. The van der Waals surface area contributed by atoms with Crippen molar-refractivity contribution in [3.8, 4) is 5.75 Å². The first-order valence-corrected chi connectivity index (χ1v) is 15.1. The molecule has 0 spiro atoms. The van der Waals surface area contributed by atoms with E-state index in [9.17, 15) is 32.7 Å². The van der Waals surface area contributed by atoms with Crippen molar-refractivity contribution in [3.05, 3.63) is 53.9 Å². The Kier molecular flexibility index (Phi) is 13.2. The van der Waals surface area contributed by atoms with E-state index < -0.39 is 43.0 Å². The molecule has 1 aromatic heterocycles. The van der Waals surface area contributed by atoms with Gasteiger partial charge in [0, 0.05) is 62.7 Å². The SMILES string of the molecule is C[C@H](CO)N1C[C@H](C)[C@H](CN(C)C(=O)c2ccncc2)OCCCC[C@H](C)Oc2ccc(NC(=O)CCC(F)(F)F)cc2C1=O. The molecule has 1 aliphatic rings. The second-order valence-electron chi connectivity index (χ2n) is 11.6. The van der Waals surface area contributed by atoms with Crippen molar-refractivity contribution < 1.29 is 42.1 Å². The van der Waals surface area contributed by atoms with Gasteiger partial charge >= 0.3 is 6.18 Å². The van der Waals surface area contributed by atoms with Gasteiger partial charge < -0.3 is 29.7 Å². The average Bonchev–Trinajstić information content (AvgIpc) is 3.01. The van der Waals surface area contributed by atoms with E-state index in [-0.39, 0.29) is 54.6 Å². The van der Waals surface area contributed by atoms with Crippen LogP contribution in [0.4, 0.5) is 18.9 Å². The first-order chi connectivity index (χ1) is 21.3. The number of aromatic nitrogens is 1. The summed E-state index contributed by atoms with van der Waals surface area (Å²) in [5.41, 5.74) is 0.731. The minimum absolute atomic E-state index is 0.0995. The van der Waals surface area contributed by atoms with E-state index >= 15 is 0 Å². The number of hydrogen-bond donors (Lipinski definition) is 2. The number of carbonyl (C=O) groups excluding carboxylic acids is 3. The van der Waals surface area contributed by atoms with Crippen molar-refractivity contribution in [1.82, 2.24) is 14.8 Å². The number of ether oxygens (including phenoxy) is 2. The smallest absolute Gasteiger partial charge is 0.389 e. The summed E-state index contributed by atoms with van der Waals surface area (Å²) >= 11 is 0. The van der Waals surface area contributed by atoms with Gasteiger partial charge in [0.25, 0.3) is 11.8 Å². The average molecular weight is 637 g/mol. The molecule has 0 saturated carbocycles. The second kappa shape index (κ2) is 16.6. The molecule has 10 nitrogen and oxygen atoms in total. The van der Waals surface area contributed by atoms with Crippen LogP contribution in [0.3, 0.4) is 0 Å². The van der Waals surface area contributed by atoms with Gasteiger partial charge in [0.2, 0.25) is 5.91 Å². The number of nitrogens with one attached hydrogen (secondary N) is 1. The fourth-order valence-corrected chi connectivity index (χ4v) is 5.01. The van der Waals surface area contributed by atoms with Crippen LogP contribution in [-0.4, -0.2) is 95.4 Å². The van der Waals surface area contributed by atoms with E-state index in [2.05, 4.69) is 10.3 Å². The molecule has 0 fully saturated rings. The molecule has 248 valence electrons. The lowest BCUT2D eigenvalue weighted by Crippen LogP contribution is -2.48. The Morgan fingerprint density at radius 3 is 2.56 bits per heavy atom. The number of amides is 3. The molecule has 4 atom stereocenters. The van der Waals surface area contributed by atoms with E-state index in [4.69, 9.17) is 9.47 Å². The summed E-state index contributed by atoms with van der Waals surface area (Å²) in [6.45, 7) is 5.96. The molecule has 0 aliphatic carbocycles. The van der Waals surface area contributed by atoms with Gasteiger partial charge in [-0.3, -0.25) is 19.4 Å². The highest BCUT2D eigenvalue weighted by Crippen LogP contribution is 2.29. The zero-order valence-electron chi connectivity index (χ0n) is 26.2. The topological polar surface area (TPSA) is 121 Å². The van der Waals surface area contributed by atoms with Crippen molar-refractivity contribution in [2.24, 2.45) is 5.92 Å². The first kappa shape index (κ1) is 35.8. The molecule has 2 N–H and O–H groups in total. The van der Waals surface area contributed by atoms with Crippen molar-refractivity contribution >= 4 is 23.4 Å². The number of rotatable bonds is 8. The Hall–Kier alpha value is -3.71. The number of fused-ring (bicyclic) bond motifs is 1. The lowest BCUT2D eigenvalue weighted by molar-refractivity contribution is -0.142. The van der Waals surface area contributed by atoms with Gasteiger partial charge in [0.05, 0.1) is 36.8 Å². The summed E-state index contributed by atoms with van der Waals surface area (Å²) in [4.78, 5) is 46.5. The van der Waals surface area contributed by atoms with Gasteiger partial charge in [0.15, 0.2) is 0 Å². The molecule has 2 heterocycles. The van der Waals surface area contributed by atoms with Crippen LogP contribution in [0.15, 0.2) is 42.7 Å². The van der Waals surface area contributed by atoms with E-state index in [1.807, 2.05) is 13.8 Å². The van der Waals surface area contributed by atoms with Gasteiger partial charge in [0.1, 0.15) is 5.75 Å². The standard InChI is InChI=1S/C32H43F3N4O6/c1-21-18-39(22(2)20-40)31(43)26-17-25(37-29(41)10-13-32(33,34)35)8-9-27(26)45-23(3)7-5-6-16-44-28(21)19-38(4)30(42)24-11-14-36-15-12-24/h8-9,11-12,14-15,17,21-23,28,40H,5-7,10,13,16,18-20H2,1-4H3,(H,37,41)/t21-,22+,23-,28-/m0/s1. The lowest BCUT2D eigenvalue weighted by atomic mass is 10.0. The van der Waals surface area contributed by atoms with E-state index in [1.165, 1.54) is 23.1 Å². The third-order valence-electron chi connectivity index (χ3n) is 7.70. The molecule has 0 radical (unpaired) electrons. The number of benzene rings is 1. The Balaban J connectivity index is 1.91. The van der Waals surface area contributed by atoms with Crippen molar-refractivity contribution in [2.45, 2.75) is 77.3 Å². The summed E-state index contributed by atoms with van der Waals surface area (Å²) in [5, 5.41) is 12.5. The van der Waals surface area contributed by atoms with Crippen LogP contribution in [0.25, 0.3) is 0 Å². The third-order valence-corrected chi connectivity index (χ3v) is 7.70. The molecule has 1 aromatic carbocycles. The van der Waals surface area contributed by atoms with Crippen molar-refractivity contribution in [2.75, 3.05) is 38.7 Å². The van der Waals surface area contributed by atoms with E-state index in [0.29, 0.717) is 18.6 Å². The molecule has 2 aromatic rings. The normalized spacial score (nSPS) is 20.8. The zero-order valence-corrected chi connectivity index (χ0v) is 26.2. The maximum atomic E-state index is 14.1. The number of hydrogen-bond acceptors (Lipinski definition) is 7. The number of alkyl halides is 3. The van der Waals surface area contributed by atoms with Gasteiger partial charge in [-0.1, -0.05) is 6.92 Å². The second-order valence-corrected chi connectivity index (χ2v) is 11.6. The zero-order chi connectivity index (χ0) is 33.1. The largest absolute Gasteiger partial charge is 0.490 e. The van der Waals surface area contributed by atoms with Crippen LogP contribution in [-0.2, 0) is 9.53 Å². The fraction of sp³-hybridized carbons (Fsp3) is 0.562. The molecular weight excluding hydrogens is 593 g/mol. The predicted octanol–water partition coefficient (Wildman–Crippen LogP) is 4.93. The van der Waals surface area contributed by atoms with Gasteiger partial charge in [-0.15, -0.1) is 0 Å². The molecule has 13 heteroatoms. The molecule has 0 saturated heterocycles. The minimum atomic E-state index is -4.48. The predicted molar refractivity (Wildman–Crippen MR) is 162 cm³/mol. The molecule has 0 unspecified atom stereocenters. The maximum absolute atomic E-state index is 14.1. The van der Waals surface area contributed by atoms with Crippen molar-refractivity contribution in [1.29, 1.82) is 0 Å². The Morgan fingerprint density at radius 1 is 1.18 bits per heavy atom. The number of likely N-dealkylation sites (N-methyl/N-ethyl adjacent to an activating group) is 1. The maximum Gasteiger partial charge on any atom is 0.389 e. The van der Waals surface area contributed by atoms with Crippen LogP contribution in [0, 0.1) is 5.92 Å². The van der Waals surface area contributed by atoms with Crippen LogP contribution in [0.2, 0.25) is 0 Å². The Morgan fingerprint density at radius 2 is 1.89 bits per heavy atom. The van der Waals surface area contributed by atoms with Gasteiger partial charge in [-0.25, -0.2) is 0 Å². The number of aliphatic hydroxyl groups excluding tert-OH is 1. The highest BCUT2D eigenvalue weighted by molar-refractivity contribution is 5.99. The Labute approximate surface area is 261 Å². The number of nitrogens with zero attached hydrogens (tertiary/aromatic N) is 3. The summed E-state index contributed by atoms with van der Waals surface area (Å²) in [6, 6.07) is 7.03. The highest BCUT2D eigenvalue weighted by Gasteiger charge is 2.32. The van der Waals surface area contributed by atoms with E-state index in [0.717, 1.165) is 12.8 Å². The third kappa shape index (κ3) is 11.0. The number of halogens is 3. The van der Waals surface area contributed by atoms with Crippen LogP contribution >= 0.6 is 0 Å². The molecule has 0 bridgehead atoms. The number of aliphatic hydroxyl groups is 1. The lowest BCUT2D eigenvalue weighted by Gasteiger charge is -2.36. The molecule has 1 aliphatic heterocycles. The van der Waals surface area contributed by atoms with E-state index in [1.54, 1.807) is 43.4 Å². The number of carbonyl (C=O) groups is 3. The summed E-state index contributed by atoms with van der Waals surface area (Å²) in [5.74, 6) is -1.55. The van der Waals surface area contributed by atoms with Crippen molar-refractivity contribution in [3.63, 3.8) is 0 Å². The molecule has 3 rings (SSSR count). The molecular formula is C32H43F3N4O6. The quantitative estimate of drug-likeness (QED) is 0.422. The monoisotopic (exact) mass is 636 g/mol. The minimum Gasteiger partial charge on any atom is -0.490 e. The number of anilines is 1. The van der Waals surface area contributed by atoms with Gasteiger partial charge in [-0.2, -0.15) is 13.2 Å². The fourth-order valence-electron chi connectivity index (χ4n) is 5.01. The Bertz CT molecular complexity index is 1280. The summed E-state index contributed by atoms with van der Waals surface area (Å²) in [6.07, 6.45) is -1.97. The highest BCUT2D eigenvalue weighted by atomic mass is 19.4. The summed E-state index contributed by atoms with van der Waals surface area (Å²) in [7, 11) is 1.68.